The van der Waals surface area contributed by atoms with E-state index in [1.165, 1.54) is 0 Å². The minimum atomic E-state index is -0.106. The van der Waals surface area contributed by atoms with Crippen LogP contribution < -0.4 is 5.56 Å². The molecular formula is C7H8ClNO. The summed E-state index contributed by atoms with van der Waals surface area (Å²) < 4.78 is 0. The van der Waals surface area contributed by atoms with Crippen molar-refractivity contribution in [3.8, 4) is 0 Å². The van der Waals surface area contributed by atoms with Crippen molar-refractivity contribution in [3.05, 3.63) is 32.7 Å². The Morgan fingerprint density at radius 2 is 2.10 bits per heavy atom. The quantitative estimate of drug-likeness (QED) is 0.571. The molecule has 0 saturated heterocycles. The van der Waals surface area contributed by atoms with Crippen molar-refractivity contribution in [2.75, 3.05) is 0 Å². The summed E-state index contributed by atoms with van der Waals surface area (Å²) in [5, 5.41) is 0.396. The molecule has 0 bridgehead atoms. The van der Waals surface area contributed by atoms with Gasteiger partial charge in [-0.15, -0.1) is 0 Å². The molecule has 1 rings (SSSR count). The number of aryl methyl sites for hydroxylation is 1. The molecule has 0 amide bonds. The standard InChI is InChI=1S/C7H8ClNO/c1-4-3-6(8)9-7(10)5(4)2/h3H,1-2H3,(H,9,10). The highest BCUT2D eigenvalue weighted by molar-refractivity contribution is 6.29. The van der Waals surface area contributed by atoms with E-state index < -0.39 is 0 Å². The molecule has 0 unspecified atom stereocenters. The summed E-state index contributed by atoms with van der Waals surface area (Å²) in [6, 6.07) is 1.73. The number of halogens is 1. The lowest BCUT2D eigenvalue weighted by molar-refractivity contribution is 1.14. The van der Waals surface area contributed by atoms with Crippen molar-refractivity contribution < 1.29 is 0 Å². The third-order valence-electron chi connectivity index (χ3n) is 1.51. The molecule has 1 aromatic heterocycles. The number of aromatic nitrogens is 1. The summed E-state index contributed by atoms with van der Waals surface area (Å²) in [4.78, 5) is 13.4. The average molecular weight is 158 g/mol. The van der Waals surface area contributed by atoms with Crippen molar-refractivity contribution >= 4 is 11.6 Å². The Morgan fingerprint density at radius 3 is 2.60 bits per heavy atom. The zero-order valence-electron chi connectivity index (χ0n) is 5.86. The fourth-order valence-corrected chi connectivity index (χ4v) is 0.965. The van der Waals surface area contributed by atoms with Gasteiger partial charge in [0.2, 0.25) is 0 Å². The fraction of sp³-hybridized carbons (Fsp3) is 0.286. The molecule has 0 aliphatic heterocycles. The second-order valence-corrected chi connectivity index (χ2v) is 2.66. The molecule has 10 heavy (non-hydrogen) atoms. The number of rotatable bonds is 0. The number of aromatic amines is 1. The van der Waals surface area contributed by atoms with E-state index in [1.807, 2.05) is 6.92 Å². The van der Waals surface area contributed by atoms with E-state index >= 15 is 0 Å². The topological polar surface area (TPSA) is 32.9 Å². The van der Waals surface area contributed by atoms with Gasteiger partial charge >= 0.3 is 0 Å². The molecule has 0 atom stereocenters. The van der Waals surface area contributed by atoms with Crippen molar-refractivity contribution in [2.24, 2.45) is 0 Å². The van der Waals surface area contributed by atoms with Crippen LogP contribution in [0, 0.1) is 13.8 Å². The second-order valence-electron chi connectivity index (χ2n) is 2.25. The molecule has 3 heteroatoms. The summed E-state index contributed by atoms with van der Waals surface area (Å²) >= 11 is 5.57. The lowest BCUT2D eigenvalue weighted by Crippen LogP contribution is -2.10. The maximum absolute atomic E-state index is 10.9. The smallest absolute Gasteiger partial charge is 0.252 e. The molecule has 1 aromatic rings. The molecule has 0 spiro atoms. The van der Waals surface area contributed by atoms with Crippen LogP contribution in [0.1, 0.15) is 11.1 Å². The lowest BCUT2D eigenvalue weighted by atomic mass is 10.2. The van der Waals surface area contributed by atoms with Gasteiger partial charge in [-0.3, -0.25) is 4.79 Å². The molecular weight excluding hydrogens is 150 g/mol. The van der Waals surface area contributed by atoms with Gasteiger partial charge in [-0.25, -0.2) is 0 Å². The zero-order valence-corrected chi connectivity index (χ0v) is 6.62. The van der Waals surface area contributed by atoms with E-state index in [0.717, 1.165) is 11.1 Å². The molecule has 1 heterocycles. The van der Waals surface area contributed by atoms with Gasteiger partial charge in [-0.1, -0.05) is 11.6 Å². The van der Waals surface area contributed by atoms with Crippen LogP contribution in [0.3, 0.4) is 0 Å². The Balaban J connectivity index is 3.46. The van der Waals surface area contributed by atoms with Gasteiger partial charge in [-0.2, -0.15) is 0 Å². The summed E-state index contributed by atoms with van der Waals surface area (Å²) in [6.07, 6.45) is 0. The molecule has 0 fully saturated rings. The number of nitrogens with one attached hydrogen (secondary N) is 1. The number of H-pyrrole nitrogens is 1. The number of hydrogen-bond acceptors (Lipinski definition) is 1. The Morgan fingerprint density at radius 1 is 1.50 bits per heavy atom. The summed E-state index contributed by atoms with van der Waals surface area (Å²) in [5.41, 5.74) is 1.54. The first-order chi connectivity index (χ1) is 4.61. The molecule has 2 nitrogen and oxygen atoms in total. The van der Waals surface area contributed by atoms with Gasteiger partial charge < -0.3 is 4.98 Å². The maximum atomic E-state index is 10.9. The first kappa shape index (κ1) is 7.35. The highest BCUT2D eigenvalue weighted by Crippen LogP contribution is 2.06. The highest BCUT2D eigenvalue weighted by Gasteiger charge is 1.97. The predicted octanol–water partition coefficient (Wildman–Crippen LogP) is 1.65. The fourth-order valence-electron chi connectivity index (χ4n) is 0.716. The molecule has 0 aliphatic carbocycles. The van der Waals surface area contributed by atoms with Gasteiger partial charge in [0.15, 0.2) is 0 Å². The molecule has 0 aliphatic rings. The van der Waals surface area contributed by atoms with Crippen LogP contribution in [0.4, 0.5) is 0 Å². The van der Waals surface area contributed by atoms with E-state index in [2.05, 4.69) is 4.98 Å². The SMILES string of the molecule is Cc1cc(Cl)[nH]c(=O)c1C. The molecule has 0 saturated carbocycles. The molecule has 54 valence electrons. The lowest BCUT2D eigenvalue weighted by Gasteiger charge is -1.96. The van der Waals surface area contributed by atoms with Crippen LogP contribution in [0.5, 0.6) is 0 Å². The van der Waals surface area contributed by atoms with E-state index in [4.69, 9.17) is 11.6 Å². The zero-order chi connectivity index (χ0) is 7.72. The van der Waals surface area contributed by atoms with Crippen molar-refractivity contribution in [1.29, 1.82) is 0 Å². The van der Waals surface area contributed by atoms with E-state index in [1.54, 1.807) is 13.0 Å². The van der Waals surface area contributed by atoms with Crippen molar-refractivity contribution in [2.45, 2.75) is 13.8 Å². The van der Waals surface area contributed by atoms with Crippen LogP contribution in [0.2, 0.25) is 5.15 Å². The average Bonchev–Trinajstić information content (AvgIpc) is 1.82. The normalized spacial score (nSPS) is 9.90. The Bertz CT molecular complexity index is 303. The molecule has 0 radical (unpaired) electrons. The van der Waals surface area contributed by atoms with Crippen LogP contribution in [-0.2, 0) is 0 Å². The van der Waals surface area contributed by atoms with Crippen LogP contribution in [-0.4, -0.2) is 4.98 Å². The largest absolute Gasteiger partial charge is 0.313 e. The first-order valence-corrected chi connectivity index (χ1v) is 3.35. The summed E-state index contributed by atoms with van der Waals surface area (Å²) in [5.74, 6) is 0. The van der Waals surface area contributed by atoms with E-state index in [9.17, 15) is 4.79 Å². The van der Waals surface area contributed by atoms with Gasteiger partial charge in [0, 0.05) is 5.56 Å². The molecule has 1 N–H and O–H groups in total. The summed E-state index contributed by atoms with van der Waals surface area (Å²) in [7, 11) is 0. The Hall–Kier alpha value is -0.760. The Labute approximate surface area is 63.8 Å². The van der Waals surface area contributed by atoms with Crippen molar-refractivity contribution in [1.82, 2.24) is 4.98 Å². The minimum absolute atomic E-state index is 0.106. The van der Waals surface area contributed by atoms with E-state index in [-0.39, 0.29) is 5.56 Å². The van der Waals surface area contributed by atoms with Crippen molar-refractivity contribution in [3.63, 3.8) is 0 Å². The predicted molar refractivity (Wildman–Crippen MR) is 41.5 cm³/mol. The first-order valence-electron chi connectivity index (χ1n) is 2.97. The maximum Gasteiger partial charge on any atom is 0.252 e. The second kappa shape index (κ2) is 2.46. The third-order valence-corrected chi connectivity index (χ3v) is 1.71. The Kier molecular flexibility index (Phi) is 1.81. The summed E-state index contributed by atoms with van der Waals surface area (Å²) in [6.45, 7) is 3.63. The third kappa shape index (κ3) is 1.21. The molecule has 0 aromatic carbocycles. The number of pyridine rings is 1. The van der Waals surface area contributed by atoms with Crippen LogP contribution in [0.25, 0.3) is 0 Å². The minimum Gasteiger partial charge on any atom is -0.313 e. The van der Waals surface area contributed by atoms with Gasteiger partial charge in [0.25, 0.3) is 5.56 Å². The van der Waals surface area contributed by atoms with Gasteiger partial charge in [-0.05, 0) is 25.5 Å². The van der Waals surface area contributed by atoms with Gasteiger partial charge in [0.05, 0.1) is 0 Å². The van der Waals surface area contributed by atoms with E-state index in [0.29, 0.717) is 5.15 Å². The highest BCUT2D eigenvalue weighted by atomic mass is 35.5. The number of hydrogen-bond donors (Lipinski definition) is 1. The van der Waals surface area contributed by atoms with Gasteiger partial charge in [0.1, 0.15) is 5.15 Å². The van der Waals surface area contributed by atoms with Crippen LogP contribution >= 0.6 is 11.6 Å². The monoisotopic (exact) mass is 157 g/mol. The van der Waals surface area contributed by atoms with Crippen LogP contribution in [0.15, 0.2) is 10.9 Å².